The van der Waals surface area contributed by atoms with E-state index in [1.165, 1.54) is 4.90 Å². The van der Waals surface area contributed by atoms with E-state index in [1.807, 2.05) is 0 Å². The molecule has 0 radical (unpaired) electrons. The number of amides is 2. The zero-order chi connectivity index (χ0) is 14.9. The fraction of sp³-hybridized carbons (Fsp3) is 0.385. The summed E-state index contributed by atoms with van der Waals surface area (Å²) in [6.45, 7) is 0.459. The van der Waals surface area contributed by atoms with Crippen molar-refractivity contribution in [1.29, 1.82) is 0 Å². The summed E-state index contributed by atoms with van der Waals surface area (Å²) in [7, 11) is 0. The van der Waals surface area contributed by atoms with Crippen molar-refractivity contribution in [3.8, 4) is 0 Å². The summed E-state index contributed by atoms with van der Waals surface area (Å²) in [5.41, 5.74) is 4.62. The van der Waals surface area contributed by atoms with Crippen molar-refractivity contribution in [2.24, 2.45) is 11.7 Å². The highest BCUT2D eigenvalue weighted by Gasteiger charge is 2.30. The molecule has 1 aromatic rings. The number of rotatable bonds is 2. The molecule has 1 aromatic carbocycles. The minimum atomic E-state index is -0.928. The average molecular weight is 347 g/mol. The molecule has 2 rings (SSSR count). The molecule has 0 spiro atoms. The summed E-state index contributed by atoms with van der Waals surface area (Å²) in [6, 6.07) is 2.07. The van der Waals surface area contributed by atoms with E-state index in [0.29, 0.717) is 19.4 Å². The Kier molecular flexibility index (Phi) is 4.37. The van der Waals surface area contributed by atoms with Gasteiger partial charge in [-0.15, -0.1) is 0 Å². The Morgan fingerprint density at radius 2 is 1.90 bits per heavy atom. The number of likely N-dealkylation sites (tertiary alicyclic amines) is 1. The van der Waals surface area contributed by atoms with E-state index in [0.717, 1.165) is 12.1 Å². The van der Waals surface area contributed by atoms with Crippen molar-refractivity contribution in [2.45, 2.75) is 12.8 Å². The number of halogens is 3. The number of carbonyl (C=O) groups is 2. The maximum Gasteiger partial charge on any atom is 0.259 e. The molecule has 1 atom stereocenters. The number of carbonyl (C=O) groups excluding carboxylic acids is 2. The lowest BCUT2D eigenvalue weighted by Crippen LogP contribution is -2.44. The largest absolute Gasteiger partial charge is 0.369 e. The maximum atomic E-state index is 13.8. The maximum absolute atomic E-state index is 13.8. The Labute approximate surface area is 123 Å². The van der Waals surface area contributed by atoms with Gasteiger partial charge in [-0.25, -0.2) is 8.78 Å². The SMILES string of the molecule is NC(=O)C1CCCN(C(=O)c2c(F)cc(Br)cc2F)C1. The highest BCUT2D eigenvalue weighted by molar-refractivity contribution is 9.10. The number of piperidine rings is 1. The quantitative estimate of drug-likeness (QED) is 0.890. The molecule has 2 amide bonds. The van der Waals surface area contributed by atoms with Crippen LogP contribution in [0.2, 0.25) is 0 Å². The van der Waals surface area contributed by atoms with E-state index in [2.05, 4.69) is 15.9 Å². The third-order valence-corrected chi connectivity index (χ3v) is 3.79. The molecule has 0 aromatic heterocycles. The second kappa shape index (κ2) is 5.87. The Balaban J connectivity index is 2.25. The van der Waals surface area contributed by atoms with Gasteiger partial charge in [-0.1, -0.05) is 15.9 Å². The van der Waals surface area contributed by atoms with E-state index in [-0.39, 0.29) is 11.0 Å². The van der Waals surface area contributed by atoms with Crippen LogP contribution in [0.1, 0.15) is 23.2 Å². The summed E-state index contributed by atoms with van der Waals surface area (Å²) in [5, 5.41) is 0. The molecule has 4 nitrogen and oxygen atoms in total. The van der Waals surface area contributed by atoms with Gasteiger partial charge in [0.05, 0.1) is 5.92 Å². The fourth-order valence-corrected chi connectivity index (χ4v) is 2.70. The van der Waals surface area contributed by atoms with Crippen LogP contribution in [0.3, 0.4) is 0 Å². The van der Waals surface area contributed by atoms with Gasteiger partial charge >= 0.3 is 0 Å². The minimum Gasteiger partial charge on any atom is -0.369 e. The first-order chi connectivity index (χ1) is 9.40. The molecule has 7 heteroatoms. The smallest absolute Gasteiger partial charge is 0.259 e. The van der Waals surface area contributed by atoms with Crippen LogP contribution in [0.4, 0.5) is 8.78 Å². The van der Waals surface area contributed by atoms with Crippen LogP contribution in [0, 0.1) is 17.6 Å². The highest BCUT2D eigenvalue weighted by Crippen LogP contribution is 2.23. The van der Waals surface area contributed by atoms with Gasteiger partial charge in [-0.05, 0) is 25.0 Å². The third kappa shape index (κ3) is 2.98. The Hall–Kier alpha value is -1.50. The lowest BCUT2D eigenvalue weighted by atomic mass is 9.97. The normalized spacial score (nSPS) is 18.9. The van der Waals surface area contributed by atoms with Crippen molar-refractivity contribution >= 4 is 27.7 Å². The highest BCUT2D eigenvalue weighted by atomic mass is 79.9. The zero-order valence-electron chi connectivity index (χ0n) is 10.5. The molecule has 1 heterocycles. The average Bonchev–Trinajstić information content (AvgIpc) is 2.37. The summed E-state index contributed by atoms with van der Waals surface area (Å²) in [4.78, 5) is 24.6. The van der Waals surface area contributed by atoms with E-state index in [9.17, 15) is 18.4 Å². The molecule has 2 N–H and O–H groups in total. The first-order valence-electron chi connectivity index (χ1n) is 6.13. The van der Waals surface area contributed by atoms with Crippen molar-refractivity contribution < 1.29 is 18.4 Å². The molecular weight excluding hydrogens is 334 g/mol. The van der Waals surface area contributed by atoms with Gasteiger partial charge in [-0.2, -0.15) is 0 Å². The van der Waals surface area contributed by atoms with E-state index in [4.69, 9.17) is 5.73 Å². The molecule has 1 aliphatic rings. The van der Waals surface area contributed by atoms with Gasteiger partial charge in [0.2, 0.25) is 5.91 Å². The van der Waals surface area contributed by atoms with Gasteiger partial charge in [0.15, 0.2) is 0 Å². The number of benzene rings is 1. The fourth-order valence-electron chi connectivity index (χ4n) is 2.30. The molecule has 0 aliphatic carbocycles. The minimum absolute atomic E-state index is 0.100. The predicted octanol–water partition coefficient (Wildman–Crippen LogP) is 2.06. The molecule has 1 aliphatic heterocycles. The summed E-state index contributed by atoms with van der Waals surface area (Å²) in [6.07, 6.45) is 1.17. The van der Waals surface area contributed by atoms with Crippen LogP contribution in [0.15, 0.2) is 16.6 Å². The van der Waals surface area contributed by atoms with E-state index >= 15 is 0 Å². The molecule has 20 heavy (non-hydrogen) atoms. The van der Waals surface area contributed by atoms with Crippen LogP contribution < -0.4 is 5.73 Å². The van der Waals surface area contributed by atoms with Crippen LogP contribution >= 0.6 is 15.9 Å². The number of primary amides is 1. The second-order valence-electron chi connectivity index (χ2n) is 4.74. The molecule has 1 unspecified atom stereocenters. The lowest BCUT2D eigenvalue weighted by molar-refractivity contribution is -0.123. The molecule has 108 valence electrons. The van der Waals surface area contributed by atoms with Crippen LogP contribution in [-0.2, 0) is 4.79 Å². The topological polar surface area (TPSA) is 63.4 Å². The number of nitrogens with zero attached hydrogens (tertiary/aromatic N) is 1. The van der Waals surface area contributed by atoms with Crippen LogP contribution in [0.5, 0.6) is 0 Å². The van der Waals surface area contributed by atoms with Gasteiger partial charge < -0.3 is 10.6 Å². The predicted molar refractivity (Wildman–Crippen MR) is 71.9 cm³/mol. The number of hydrogen-bond donors (Lipinski definition) is 1. The molecule has 1 saturated heterocycles. The first-order valence-corrected chi connectivity index (χ1v) is 6.92. The zero-order valence-corrected chi connectivity index (χ0v) is 12.1. The number of nitrogens with two attached hydrogens (primary N) is 1. The summed E-state index contributed by atoms with van der Waals surface area (Å²) >= 11 is 2.95. The van der Waals surface area contributed by atoms with E-state index < -0.39 is 34.9 Å². The Morgan fingerprint density at radius 1 is 1.30 bits per heavy atom. The van der Waals surface area contributed by atoms with Crippen molar-refractivity contribution in [2.75, 3.05) is 13.1 Å². The second-order valence-corrected chi connectivity index (χ2v) is 5.65. The van der Waals surface area contributed by atoms with Gasteiger partial charge in [0.25, 0.3) is 5.91 Å². The lowest BCUT2D eigenvalue weighted by Gasteiger charge is -2.31. The summed E-state index contributed by atoms with van der Waals surface area (Å²) in [5.74, 6) is -3.57. The molecule has 0 saturated carbocycles. The summed E-state index contributed by atoms with van der Waals surface area (Å²) < 4.78 is 27.7. The molecular formula is C13H13BrF2N2O2. The van der Waals surface area contributed by atoms with Crippen molar-refractivity contribution in [3.63, 3.8) is 0 Å². The van der Waals surface area contributed by atoms with Crippen molar-refractivity contribution in [1.82, 2.24) is 4.90 Å². The Morgan fingerprint density at radius 3 is 2.45 bits per heavy atom. The van der Waals surface area contributed by atoms with Gasteiger partial charge in [-0.3, -0.25) is 9.59 Å². The first kappa shape index (κ1) is 14.9. The van der Waals surface area contributed by atoms with Crippen LogP contribution in [-0.4, -0.2) is 29.8 Å². The number of hydrogen-bond acceptors (Lipinski definition) is 2. The van der Waals surface area contributed by atoms with E-state index in [1.54, 1.807) is 0 Å². The monoisotopic (exact) mass is 346 g/mol. The van der Waals surface area contributed by atoms with Crippen molar-refractivity contribution in [3.05, 3.63) is 33.8 Å². The molecule has 1 fully saturated rings. The third-order valence-electron chi connectivity index (χ3n) is 3.33. The van der Waals surface area contributed by atoms with Gasteiger partial charge in [0.1, 0.15) is 17.2 Å². The van der Waals surface area contributed by atoms with Gasteiger partial charge in [0, 0.05) is 17.6 Å². The van der Waals surface area contributed by atoms with Crippen LogP contribution in [0.25, 0.3) is 0 Å². The molecule has 0 bridgehead atoms. The standard InChI is InChI=1S/C13H13BrF2N2O2/c14-8-4-9(15)11(10(16)5-8)13(20)18-3-1-2-7(6-18)12(17)19/h4-5,7H,1-3,6H2,(H2,17,19). The Bertz CT molecular complexity index is 542.